The average Bonchev–Trinajstić information content (AvgIpc) is 3.07. The van der Waals surface area contributed by atoms with Gasteiger partial charge in [-0.05, 0) is 42.8 Å². The van der Waals surface area contributed by atoms with Crippen molar-refractivity contribution in [2.45, 2.75) is 43.4 Å². The van der Waals surface area contributed by atoms with Crippen molar-refractivity contribution in [3.63, 3.8) is 0 Å². The molecule has 116 valence electrons. The van der Waals surface area contributed by atoms with E-state index in [0.29, 0.717) is 0 Å². The fourth-order valence-corrected chi connectivity index (χ4v) is 5.84. The van der Waals surface area contributed by atoms with Crippen LogP contribution in [-0.2, 0) is 12.8 Å². The van der Waals surface area contributed by atoms with E-state index >= 15 is 0 Å². The topological polar surface area (TPSA) is 43.1 Å². The fourth-order valence-electron chi connectivity index (χ4n) is 3.15. The molecule has 3 aromatic heterocycles. The fraction of sp³-hybridized carbons (Fsp3) is 0.533. The first-order valence-electron chi connectivity index (χ1n) is 7.59. The van der Waals surface area contributed by atoms with Crippen molar-refractivity contribution >= 4 is 50.7 Å². The highest BCUT2D eigenvalue weighted by atomic mass is 32.2. The maximum absolute atomic E-state index is 4.92. The van der Waals surface area contributed by atoms with E-state index in [1.54, 1.807) is 23.5 Å². The van der Waals surface area contributed by atoms with Crippen molar-refractivity contribution < 1.29 is 0 Å². The van der Waals surface area contributed by atoms with Gasteiger partial charge in [-0.1, -0.05) is 37.4 Å². The molecule has 0 radical (unpaired) electrons. The van der Waals surface area contributed by atoms with Crippen LogP contribution in [-0.4, -0.2) is 31.6 Å². The molecule has 7 heteroatoms. The van der Waals surface area contributed by atoms with Gasteiger partial charge in [0.25, 0.3) is 0 Å². The van der Waals surface area contributed by atoms with Gasteiger partial charge < -0.3 is 0 Å². The summed E-state index contributed by atoms with van der Waals surface area (Å²) >= 11 is 5.26. The number of rotatable bonds is 3. The highest BCUT2D eigenvalue weighted by Gasteiger charge is 2.25. The summed E-state index contributed by atoms with van der Waals surface area (Å²) in [5, 5.41) is 12.1. The lowest BCUT2D eigenvalue weighted by atomic mass is 9.89. The third kappa shape index (κ3) is 2.17. The molecular formula is C15H18N4S3. The zero-order valence-corrected chi connectivity index (χ0v) is 15.4. The van der Waals surface area contributed by atoms with Crippen molar-refractivity contribution in [2.24, 2.45) is 5.92 Å². The minimum Gasteiger partial charge on any atom is -0.248 e. The van der Waals surface area contributed by atoms with Crippen LogP contribution in [0.4, 0.5) is 0 Å². The van der Waals surface area contributed by atoms with Crippen LogP contribution in [0.25, 0.3) is 15.9 Å². The monoisotopic (exact) mass is 350 g/mol. The number of thioether (sulfide) groups is 2. The van der Waals surface area contributed by atoms with Gasteiger partial charge in [0.05, 0.1) is 5.39 Å². The summed E-state index contributed by atoms with van der Waals surface area (Å²) in [4.78, 5) is 7.56. The Labute approximate surface area is 142 Å². The molecule has 0 spiro atoms. The zero-order valence-electron chi connectivity index (χ0n) is 12.9. The molecule has 0 amide bonds. The summed E-state index contributed by atoms with van der Waals surface area (Å²) in [6.07, 6.45) is 5.67. The van der Waals surface area contributed by atoms with Gasteiger partial charge in [-0.2, -0.15) is 0 Å². The molecule has 22 heavy (non-hydrogen) atoms. The van der Waals surface area contributed by atoms with Crippen LogP contribution in [0.3, 0.4) is 0 Å². The Balaban J connectivity index is 2.05. The second-order valence-corrected chi connectivity index (χ2v) is 8.79. The molecule has 0 aliphatic heterocycles. The number of nitrogens with zero attached hydrogens (tertiary/aromatic N) is 4. The standard InChI is InChI=1S/C15H18N4S3/c1-4-21-15-18-17-12-11-9-6-5-8(2)7-10(9)22-13(11)16-14(20-3)19(12)15/h8H,4-7H2,1-3H3. The van der Waals surface area contributed by atoms with Crippen molar-refractivity contribution in [3.8, 4) is 0 Å². The quantitative estimate of drug-likeness (QED) is 0.520. The van der Waals surface area contributed by atoms with Crippen LogP contribution in [0.15, 0.2) is 10.3 Å². The first-order chi connectivity index (χ1) is 10.7. The van der Waals surface area contributed by atoms with Crippen LogP contribution < -0.4 is 0 Å². The summed E-state index contributed by atoms with van der Waals surface area (Å²) < 4.78 is 2.15. The Kier molecular flexibility index (Phi) is 3.82. The lowest BCUT2D eigenvalue weighted by Crippen LogP contribution is -2.08. The van der Waals surface area contributed by atoms with E-state index in [2.05, 4.69) is 34.7 Å². The van der Waals surface area contributed by atoms with Gasteiger partial charge in [-0.25, -0.2) is 9.38 Å². The van der Waals surface area contributed by atoms with Gasteiger partial charge in [0.15, 0.2) is 16.0 Å². The molecule has 0 fully saturated rings. The Morgan fingerprint density at radius 3 is 2.95 bits per heavy atom. The van der Waals surface area contributed by atoms with Crippen molar-refractivity contribution in [2.75, 3.05) is 12.0 Å². The van der Waals surface area contributed by atoms with Gasteiger partial charge in [0.1, 0.15) is 4.83 Å². The molecular weight excluding hydrogens is 332 g/mol. The van der Waals surface area contributed by atoms with Gasteiger partial charge in [-0.3, -0.25) is 0 Å². The minimum absolute atomic E-state index is 0.778. The van der Waals surface area contributed by atoms with Gasteiger partial charge in [0.2, 0.25) is 0 Å². The molecule has 0 N–H and O–H groups in total. The number of hydrogen-bond donors (Lipinski definition) is 0. The molecule has 0 bridgehead atoms. The highest BCUT2D eigenvalue weighted by molar-refractivity contribution is 7.99. The molecule has 0 saturated heterocycles. The van der Waals surface area contributed by atoms with Crippen molar-refractivity contribution in [1.82, 2.24) is 19.6 Å². The number of hydrogen-bond acceptors (Lipinski definition) is 6. The molecule has 3 heterocycles. The zero-order chi connectivity index (χ0) is 15.3. The van der Waals surface area contributed by atoms with Crippen LogP contribution in [0.5, 0.6) is 0 Å². The predicted octanol–water partition coefficient (Wildman–Crippen LogP) is 4.30. The number of aromatic nitrogens is 4. The molecule has 3 aromatic rings. The molecule has 4 rings (SSSR count). The average molecular weight is 351 g/mol. The Bertz CT molecular complexity index is 852. The van der Waals surface area contributed by atoms with Crippen LogP contribution in [0.2, 0.25) is 0 Å². The summed E-state index contributed by atoms with van der Waals surface area (Å²) in [5.74, 6) is 1.77. The first-order valence-corrected chi connectivity index (χ1v) is 10.6. The number of aryl methyl sites for hydroxylation is 1. The Hall–Kier alpha value is -0.790. The second kappa shape index (κ2) is 5.69. The first kappa shape index (κ1) is 14.8. The molecule has 0 aromatic carbocycles. The van der Waals surface area contributed by atoms with Crippen molar-refractivity contribution in [1.29, 1.82) is 0 Å². The molecule has 0 saturated carbocycles. The number of fused-ring (bicyclic) bond motifs is 5. The Morgan fingerprint density at radius 2 is 2.18 bits per heavy atom. The van der Waals surface area contributed by atoms with Crippen LogP contribution in [0.1, 0.15) is 30.7 Å². The summed E-state index contributed by atoms with van der Waals surface area (Å²) in [6.45, 7) is 4.49. The predicted molar refractivity (Wildman–Crippen MR) is 95.5 cm³/mol. The lowest BCUT2D eigenvalue weighted by Gasteiger charge is -2.17. The van der Waals surface area contributed by atoms with Gasteiger partial charge in [-0.15, -0.1) is 21.5 Å². The number of thiophene rings is 1. The van der Waals surface area contributed by atoms with E-state index in [9.17, 15) is 0 Å². The van der Waals surface area contributed by atoms with E-state index in [1.165, 1.54) is 28.7 Å². The lowest BCUT2D eigenvalue weighted by molar-refractivity contribution is 0.509. The van der Waals surface area contributed by atoms with E-state index < -0.39 is 0 Å². The van der Waals surface area contributed by atoms with Crippen molar-refractivity contribution in [3.05, 3.63) is 10.4 Å². The molecule has 1 unspecified atom stereocenters. The highest BCUT2D eigenvalue weighted by Crippen LogP contribution is 2.40. The van der Waals surface area contributed by atoms with Gasteiger partial charge >= 0.3 is 0 Å². The van der Waals surface area contributed by atoms with E-state index in [-0.39, 0.29) is 0 Å². The van der Waals surface area contributed by atoms with E-state index in [1.807, 2.05) is 11.3 Å². The largest absolute Gasteiger partial charge is 0.248 e. The minimum atomic E-state index is 0.778. The Morgan fingerprint density at radius 1 is 1.32 bits per heavy atom. The molecule has 1 aliphatic rings. The SMILES string of the molecule is CCSc1nnc2c3c4c(sc3nc(SC)n12)CC(C)CC4. The maximum Gasteiger partial charge on any atom is 0.197 e. The third-order valence-corrected chi connectivity index (χ3v) is 6.79. The van der Waals surface area contributed by atoms with E-state index in [0.717, 1.165) is 38.9 Å². The van der Waals surface area contributed by atoms with Crippen LogP contribution in [0, 0.1) is 5.92 Å². The summed E-state index contributed by atoms with van der Waals surface area (Å²) in [5.41, 5.74) is 2.47. The molecule has 1 atom stereocenters. The maximum atomic E-state index is 4.92. The summed E-state index contributed by atoms with van der Waals surface area (Å²) in [7, 11) is 0. The molecule has 1 aliphatic carbocycles. The van der Waals surface area contributed by atoms with Crippen LogP contribution >= 0.6 is 34.9 Å². The van der Waals surface area contributed by atoms with E-state index in [4.69, 9.17) is 4.98 Å². The molecule has 4 nitrogen and oxygen atoms in total. The van der Waals surface area contributed by atoms with Gasteiger partial charge in [0, 0.05) is 4.88 Å². The smallest absolute Gasteiger partial charge is 0.197 e. The summed E-state index contributed by atoms with van der Waals surface area (Å²) in [6, 6.07) is 0. The second-order valence-electron chi connectivity index (χ2n) is 5.71. The normalized spacial score (nSPS) is 18.2. The third-order valence-electron chi connectivity index (χ3n) is 4.19.